The predicted molar refractivity (Wildman–Crippen MR) is 79.0 cm³/mol. The highest BCUT2D eigenvalue weighted by Gasteiger charge is 2.33. The van der Waals surface area contributed by atoms with Crippen LogP contribution < -0.4 is 10.4 Å². The maximum Gasteiger partial charge on any atom is 0.310 e. The Kier molecular flexibility index (Phi) is 3.92. The number of nitrogens with zero attached hydrogens (tertiary/aromatic N) is 2. The topological polar surface area (TPSA) is 47.6 Å². The van der Waals surface area contributed by atoms with Crippen molar-refractivity contribution in [3.8, 4) is 12.1 Å². The van der Waals surface area contributed by atoms with Crippen molar-refractivity contribution in [3.05, 3.63) is 59.7 Å². The van der Waals surface area contributed by atoms with Crippen molar-refractivity contribution in [1.29, 1.82) is 10.5 Å². The molecule has 0 fully saturated rings. The quantitative estimate of drug-likeness (QED) is 0.632. The van der Waals surface area contributed by atoms with E-state index in [-0.39, 0.29) is 0 Å². The standard InChI is InChI=1S/C14H8Cl2N2Si/c15-19(16,13-5-1-11(9-17)2-6-13)14-7-3-12(10-18)4-8-14/h1-8H. The molecule has 2 nitrogen and oxygen atoms in total. The summed E-state index contributed by atoms with van der Waals surface area (Å²) < 4.78 is 0. The number of hydrogen-bond acceptors (Lipinski definition) is 2. The molecule has 2 aromatic carbocycles. The van der Waals surface area contributed by atoms with E-state index in [9.17, 15) is 0 Å². The molecule has 0 spiro atoms. The predicted octanol–water partition coefficient (Wildman–Crippen LogP) is 2.46. The van der Waals surface area contributed by atoms with Crippen LogP contribution in [0.1, 0.15) is 11.1 Å². The molecule has 19 heavy (non-hydrogen) atoms. The molecule has 5 heteroatoms. The van der Waals surface area contributed by atoms with E-state index in [2.05, 4.69) is 12.1 Å². The van der Waals surface area contributed by atoms with Gasteiger partial charge in [-0.05, 0) is 34.6 Å². The summed E-state index contributed by atoms with van der Waals surface area (Å²) in [7, 11) is 0. The van der Waals surface area contributed by atoms with Crippen LogP contribution in [0.3, 0.4) is 0 Å². The lowest BCUT2D eigenvalue weighted by molar-refractivity contribution is 1.49. The third-order valence-electron chi connectivity index (χ3n) is 2.75. The summed E-state index contributed by atoms with van der Waals surface area (Å²) in [5.74, 6) is 0. The van der Waals surface area contributed by atoms with E-state index >= 15 is 0 Å². The SMILES string of the molecule is N#Cc1ccc([Si](Cl)(Cl)c2ccc(C#N)cc2)cc1. The van der Waals surface area contributed by atoms with Gasteiger partial charge in [0.2, 0.25) is 0 Å². The van der Waals surface area contributed by atoms with E-state index in [0.29, 0.717) is 11.1 Å². The summed E-state index contributed by atoms with van der Waals surface area (Å²) >= 11 is 13.0. The Morgan fingerprint density at radius 2 is 1.00 bits per heavy atom. The van der Waals surface area contributed by atoms with E-state index < -0.39 is 6.69 Å². The zero-order valence-electron chi connectivity index (χ0n) is 9.77. The van der Waals surface area contributed by atoms with E-state index in [1.165, 1.54) is 0 Å². The summed E-state index contributed by atoms with van der Waals surface area (Å²) in [5.41, 5.74) is 1.14. The average molecular weight is 303 g/mol. The molecule has 0 amide bonds. The Morgan fingerprint density at radius 3 is 1.26 bits per heavy atom. The van der Waals surface area contributed by atoms with Gasteiger partial charge in [-0.2, -0.15) is 10.5 Å². The van der Waals surface area contributed by atoms with Crippen molar-refractivity contribution < 1.29 is 0 Å². The van der Waals surface area contributed by atoms with Crippen LogP contribution in [-0.4, -0.2) is 6.69 Å². The molecule has 0 aromatic heterocycles. The van der Waals surface area contributed by atoms with Gasteiger partial charge in [0.1, 0.15) is 0 Å². The fraction of sp³-hybridized carbons (Fsp3) is 0. The van der Waals surface area contributed by atoms with Gasteiger partial charge in [-0.1, -0.05) is 24.3 Å². The second-order valence-corrected chi connectivity index (χ2v) is 10.2. The Morgan fingerprint density at radius 1 is 0.684 bits per heavy atom. The van der Waals surface area contributed by atoms with E-state index in [1.54, 1.807) is 48.5 Å². The molecule has 0 atom stereocenters. The molecule has 2 rings (SSSR count). The van der Waals surface area contributed by atoms with Crippen LogP contribution in [0.4, 0.5) is 0 Å². The zero-order chi connectivity index (χ0) is 13.9. The molecule has 0 saturated carbocycles. The highest BCUT2D eigenvalue weighted by Crippen LogP contribution is 2.16. The minimum atomic E-state index is -2.80. The first-order valence-electron chi connectivity index (χ1n) is 5.47. The highest BCUT2D eigenvalue weighted by atomic mass is 35.7. The van der Waals surface area contributed by atoms with E-state index in [1.807, 2.05) is 0 Å². The van der Waals surface area contributed by atoms with Crippen molar-refractivity contribution in [2.24, 2.45) is 0 Å². The largest absolute Gasteiger partial charge is 0.310 e. The summed E-state index contributed by atoms with van der Waals surface area (Å²) in [6, 6.07) is 18.0. The van der Waals surface area contributed by atoms with Crippen LogP contribution in [0, 0.1) is 22.7 Å². The van der Waals surface area contributed by atoms with Crippen LogP contribution in [0.15, 0.2) is 48.5 Å². The third-order valence-corrected chi connectivity index (χ3v) is 7.49. The van der Waals surface area contributed by atoms with Gasteiger partial charge in [-0.25, -0.2) is 0 Å². The number of nitriles is 2. The van der Waals surface area contributed by atoms with Gasteiger partial charge in [0, 0.05) is 0 Å². The fourth-order valence-corrected chi connectivity index (χ4v) is 4.69. The molecule has 0 aliphatic rings. The van der Waals surface area contributed by atoms with Crippen LogP contribution in [0.5, 0.6) is 0 Å². The first-order valence-corrected chi connectivity index (χ1v) is 9.49. The normalized spacial score (nSPS) is 10.5. The van der Waals surface area contributed by atoms with Crippen LogP contribution >= 0.6 is 22.2 Å². The van der Waals surface area contributed by atoms with Crippen LogP contribution in [0.25, 0.3) is 0 Å². The number of halogens is 2. The molecular weight excluding hydrogens is 295 g/mol. The molecule has 0 bridgehead atoms. The van der Waals surface area contributed by atoms with E-state index in [4.69, 9.17) is 32.7 Å². The number of hydrogen-bond donors (Lipinski definition) is 0. The minimum Gasteiger partial charge on any atom is -0.192 e. The van der Waals surface area contributed by atoms with Crippen molar-refractivity contribution in [3.63, 3.8) is 0 Å². The van der Waals surface area contributed by atoms with Gasteiger partial charge in [-0.3, -0.25) is 0 Å². The molecule has 0 N–H and O–H groups in total. The lowest BCUT2D eigenvalue weighted by Crippen LogP contribution is -2.48. The average Bonchev–Trinajstić information content (AvgIpc) is 2.47. The van der Waals surface area contributed by atoms with Crippen LogP contribution in [-0.2, 0) is 0 Å². The van der Waals surface area contributed by atoms with Crippen molar-refractivity contribution in [2.45, 2.75) is 0 Å². The Labute approximate surface area is 121 Å². The summed E-state index contributed by atoms with van der Waals surface area (Å²) in [6.45, 7) is -2.80. The van der Waals surface area contributed by atoms with Crippen LogP contribution in [0.2, 0.25) is 0 Å². The van der Waals surface area contributed by atoms with Gasteiger partial charge in [-0.15, -0.1) is 22.2 Å². The Balaban J connectivity index is 2.40. The summed E-state index contributed by atoms with van der Waals surface area (Å²) in [6.07, 6.45) is 0. The van der Waals surface area contributed by atoms with Gasteiger partial charge >= 0.3 is 6.69 Å². The second kappa shape index (κ2) is 5.46. The van der Waals surface area contributed by atoms with E-state index in [0.717, 1.165) is 10.4 Å². The maximum atomic E-state index is 8.77. The lowest BCUT2D eigenvalue weighted by Gasteiger charge is -2.17. The first kappa shape index (κ1) is 13.6. The molecule has 0 saturated heterocycles. The van der Waals surface area contributed by atoms with Gasteiger partial charge in [0.15, 0.2) is 0 Å². The highest BCUT2D eigenvalue weighted by molar-refractivity contribution is 7.56. The minimum absolute atomic E-state index is 0.571. The molecule has 92 valence electrons. The molecule has 0 heterocycles. The molecule has 0 radical (unpaired) electrons. The molecular formula is C14H8Cl2N2Si. The smallest absolute Gasteiger partial charge is 0.192 e. The number of rotatable bonds is 2. The Hall–Kier alpha value is -1.78. The van der Waals surface area contributed by atoms with Gasteiger partial charge < -0.3 is 0 Å². The molecule has 0 aliphatic heterocycles. The monoisotopic (exact) mass is 302 g/mol. The summed E-state index contributed by atoms with van der Waals surface area (Å²) in [5, 5.41) is 19.2. The van der Waals surface area contributed by atoms with Gasteiger partial charge in [0.05, 0.1) is 23.3 Å². The zero-order valence-corrected chi connectivity index (χ0v) is 12.3. The summed E-state index contributed by atoms with van der Waals surface area (Å²) in [4.78, 5) is 0. The fourth-order valence-electron chi connectivity index (χ4n) is 1.67. The Bertz CT molecular complexity index is 605. The molecule has 2 aromatic rings. The first-order chi connectivity index (χ1) is 9.07. The van der Waals surface area contributed by atoms with Crippen molar-refractivity contribution in [1.82, 2.24) is 0 Å². The van der Waals surface area contributed by atoms with Gasteiger partial charge in [0.25, 0.3) is 0 Å². The molecule has 0 unspecified atom stereocenters. The third kappa shape index (κ3) is 2.80. The lowest BCUT2D eigenvalue weighted by atomic mass is 10.2. The number of benzene rings is 2. The van der Waals surface area contributed by atoms with Crippen molar-refractivity contribution in [2.75, 3.05) is 0 Å². The molecule has 0 aliphatic carbocycles. The van der Waals surface area contributed by atoms with Crippen molar-refractivity contribution >= 4 is 39.2 Å². The second-order valence-electron chi connectivity index (χ2n) is 3.95. The maximum absolute atomic E-state index is 8.77.